The SMILES string of the molecule is CCCC[C@@H](OC(=O)c1ccccc1)P(=O)(O)OC(CCCCN)C(=O)N1CCC[C@H]1C(=O)O. The van der Waals surface area contributed by atoms with Crippen molar-refractivity contribution in [2.75, 3.05) is 13.1 Å². The van der Waals surface area contributed by atoms with Crippen LogP contribution < -0.4 is 5.73 Å². The molecule has 0 radical (unpaired) electrons. The van der Waals surface area contributed by atoms with E-state index >= 15 is 0 Å². The number of nitrogens with two attached hydrogens (primary N) is 1. The first-order valence-corrected chi connectivity index (χ1v) is 13.4. The van der Waals surface area contributed by atoms with E-state index in [-0.39, 0.29) is 24.9 Å². The fourth-order valence-corrected chi connectivity index (χ4v) is 5.28. The first-order chi connectivity index (χ1) is 16.2. The van der Waals surface area contributed by atoms with Gasteiger partial charge in [-0.05, 0) is 63.6 Å². The smallest absolute Gasteiger partial charge is 0.369 e. The highest BCUT2D eigenvalue weighted by Crippen LogP contribution is 2.52. The number of unbranched alkanes of at least 4 members (excludes halogenated alkanes) is 2. The molecule has 1 amide bonds. The second kappa shape index (κ2) is 13.6. The third-order valence-corrected chi connectivity index (χ3v) is 7.36. The molecule has 1 aliphatic rings. The minimum absolute atomic E-state index is 0.0774. The van der Waals surface area contributed by atoms with Gasteiger partial charge in [0.1, 0.15) is 12.1 Å². The van der Waals surface area contributed by atoms with E-state index in [0.717, 1.165) is 0 Å². The number of esters is 1. The van der Waals surface area contributed by atoms with Crippen LogP contribution in [0.2, 0.25) is 0 Å². The molecule has 2 unspecified atom stereocenters. The molecule has 1 saturated heterocycles. The van der Waals surface area contributed by atoms with Crippen molar-refractivity contribution in [1.29, 1.82) is 0 Å². The zero-order chi connectivity index (χ0) is 25.1. The second-order valence-corrected chi connectivity index (χ2v) is 10.3. The summed E-state index contributed by atoms with van der Waals surface area (Å²) in [5.41, 5.74) is 5.76. The molecular formula is C23H35N2O8P. The zero-order valence-corrected chi connectivity index (χ0v) is 20.4. The predicted molar refractivity (Wildman–Crippen MR) is 125 cm³/mol. The van der Waals surface area contributed by atoms with Gasteiger partial charge in [-0.3, -0.25) is 13.9 Å². The summed E-state index contributed by atoms with van der Waals surface area (Å²) in [6.07, 6.45) is 1.84. The average Bonchev–Trinajstić information content (AvgIpc) is 3.31. The van der Waals surface area contributed by atoms with Crippen LogP contribution in [-0.2, 0) is 23.4 Å². The molecule has 4 N–H and O–H groups in total. The Balaban J connectivity index is 2.23. The van der Waals surface area contributed by atoms with Crippen molar-refractivity contribution in [3.05, 3.63) is 35.9 Å². The van der Waals surface area contributed by atoms with Crippen molar-refractivity contribution in [3.63, 3.8) is 0 Å². The molecule has 1 aromatic carbocycles. The number of hydrogen-bond acceptors (Lipinski definition) is 7. The molecule has 0 aromatic heterocycles. The number of amides is 1. The fourth-order valence-electron chi connectivity index (χ4n) is 3.85. The lowest BCUT2D eigenvalue weighted by Gasteiger charge is -2.30. The quantitative estimate of drug-likeness (QED) is 0.199. The molecule has 11 heteroatoms. The predicted octanol–water partition coefficient (Wildman–Crippen LogP) is 3.13. The lowest BCUT2D eigenvalue weighted by atomic mass is 10.1. The summed E-state index contributed by atoms with van der Waals surface area (Å²) >= 11 is 0. The Hall–Kier alpha value is -2.26. The van der Waals surface area contributed by atoms with Crippen LogP contribution in [0.5, 0.6) is 0 Å². The van der Waals surface area contributed by atoms with Gasteiger partial charge in [-0.15, -0.1) is 0 Å². The minimum atomic E-state index is -4.62. The van der Waals surface area contributed by atoms with Crippen molar-refractivity contribution in [3.8, 4) is 0 Å². The largest absolute Gasteiger partial charge is 0.480 e. The van der Waals surface area contributed by atoms with Gasteiger partial charge in [0.25, 0.3) is 5.91 Å². The molecule has 0 spiro atoms. The van der Waals surface area contributed by atoms with Crippen LogP contribution in [0.1, 0.15) is 68.6 Å². The van der Waals surface area contributed by atoms with Crippen LogP contribution >= 0.6 is 7.60 Å². The lowest BCUT2D eigenvalue weighted by molar-refractivity contribution is -0.151. The topological polar surface area (TPSA) is 156 Å². The number of benzene rings is 1. The van der Waals surface area contributed by atoms with Crippen molar-refractivity contribution in [2.24, 2.45) is 5.73 Å². The van der Waals surface area contributed by atoms with Gasteiger partial charge in [-0.2, -0.15) is 0 Å². The van der Waals surface area contributed by atoms with Gasteiger partial charge >= 0.3 is 19.5 Å². The van der Waals surface area contributed by atoms with Gasteiger partial charge in [0.05, 0.1) is 5.56 Å². The number of aliphatic carboxylic acids is 1. The summed E-state index contributed by atoms with van der Waals surface area (Å²) in [5, 5.41) is 9.44. The number of hydrogen-bond donors (Lipinski definition) is 3. The van der Waals surface area contributed by atoms with Crippen LogP contribution in [-0.4, -0.2) is 63.8 Å². The van der Waals surface area contributed by atoms with Crippen molar-refractivity contribution >= 4 is 25.4 Å². The Morgan fingerprint density at radius 1 is 1.18 bits per heavy atom. The highest BCUT2D eigenvalue weighted by molar-refractivity contribution is 7.53. The van der Waals surface area contributed by atoms with E-state index in [2.05, 4.69) is 0 Å². The number of nitrogens with zero attached hydrogens (tertiary/aromatic N) is 1. The molecule has 190 valence electrons. The van der Waals surface area contributed by atoms with E-state index in [4.69, 9.17) is 15.0 Å². The Morgan fingerprint density at radius 2 is 1.88 bits per heavy atom. The highest BCUT2D eigenvalue weighted by atomic mass is 31.2. The molecule has 10 nitrogen and oxygen atoms in total. The molecule has 0 bridgehead atoms. The molecule has 1 fully saturated rings. The zero-order valence-electron chi connectivity index (χ0n) is 19.5. The number of carbonyl (C=O) groups excluding carboxylic acids is 2. The standard InChI is InChI=1S/C23H35N2O8P/c1-2-3-14-20(32-23(29)17-10-5-4-6-11-17)34(30,31)33-19(13-7-8-15-24)21(26)25-16-9-12-18(25)22(27)28/h4-6,10-11,18-20H,2-3,7-9,12-16,24H2,1H3,(H,27,28)(H,30,31)/t18-,19?,20-/m0/s1. The molecule has 34 heavy (non-hydrogen) atoms. The van der Waals surface area contributed by atoms with Crippen LogP contribution in [0.3, 0.4) is 0 Å². The van der Waals surface area contributed by atoms with Gasteiger partial charge in [0, 0.05) is 6.54 Å². The summed E-state index contributed by atoms with van der Waals surface area (Å²) < 4.78 is 24.2. The van der Waals surface area contributed by atoms with Gasteiger partial charge in [0.2, 0.25) is 5.85 Å². The Morgan fingerprint density at radius 3 is 2.50 bits per heavy atom. The summed E-state index contributed by atoms with van der Waals surface area (Å²) in [6.45, 7) is 2.48. The molecule has 0 aliphatic carbocycles. The van der Waals surface area contributed by atoms with E-state index in [1.165, 1.54) is 17.0 Å². The van der Waals surface area contributed by atoms with Crippen LogP contribution in [0.15, 0.2) is 30.3 Å². The van der Waals surface area contributed by atoms with E-state index < -0.39 is 43.4 Å². The Labute approximate surface area is 199 Å². The average molecular weight is 499 g/mol. The molecule has 1 aromatic rings. The van der Waals surface area contributed by atoms with Crippen LogP contribution in [0.4, 0.5) is 0 Å². The second-order valence-electron chi connectivity index (χ2n) is 8.34. The molecular weight excluding hydrogens is 463 g/mol. The monoisotopic (exact) mass is 498 g/mol. The van der Waals surface area contributed by atoms with E-state index in [9.17, 15) is 28.9 Å². The van der Waals surface area contributed by atoms with Gasteiger partial charge in [0.15, 0.2) is 0 Å². The first-order valence-electron chi connectivity index (χ1n) is 11.7. The number of carboxylic acids is 1. The number of carboxylic acid groups (broad SMARTS) is 1. The Bertz CT molecular complexity index is 866. The number of likely N-dealkylation sites (tertiary alicyclic amines) is 1. The minimum Gasteiger partial charge on any atom is -0.480 e. The van der Waals surface area contributed by atoms with Crippen molar-refractivity contribution in [2.45, 2.75) is 76.3 Å². The summed E-state index contributed by atoms with van der Waals surface area (Å²) in [7, 11) is -4.62. The van der Waals surface area contributed by atoms with E-state index in [0.29, 0.717) is 45.1 Å². The highest BCUT2D eigenvalue weighted by Gasteiger charge is 2.43. The summed E-state index contributed by atoms with van der Waals surface area (Å²) in [5.74, 6) is -4.01. The number of rotatable bonds is 14. The van der Waals surface area contributed by atoms with Gasteiger partial charge < -0.3 is 25.4 Å². The molecule has 0 saturated carbocycles. The summed E-state index contributed by atoms with van der Waals surface area (Å²) in [6, 6.07) is 7.08. The third kappa shape index (κ3) is 7.91. The third-order valence-electron chi connectivity index (χ3n) is 5.72. The van der Waals surface area contributed by atoms with Gasteiger partial charge in [-0.25, -0.2) is 9.59 Å². The van der Waals surface area contributed by atoms with Crippen LogP contribution in [0, 0.1) is 0 Å². The first kappa shape index (κ1) is 28.0. The van der Waals surface area contributed by atoms with Crippen molar-refractivity contribution in [1.82, 2.24) is 4.90 Å². The maximum absolute atomic E-state index is 13.3. The molecule has 4 atom stereocenters. The molecule has 1 heterocycles. The maximum atomic E-state index is 13.3. The fraction of sp³-hybridized carbons (Fsp3) is 0.609. The number of carbonyl (C=O) groups is 3. The van der Waals surface area contributed by atoms with Crippen LogP contribution in [0.25, 0.3) is 0 Å². The molecule has 1 aliphatic heterocycles. The number of ether oxygens (including phenoxy) is 1. The van der Waals surface area contributed by atoms with Crippen molar-refractivity contribution < 1.29 is 38.2 Å². The van der Waals surface area contributed by atoms with Gasteiger partial charge in [-0.1, -0.05) is 31.5 Å². The Kier molecular flexibility index (Phi) is 11.2. The van der Waals surface area contributed by atoms with E-state index in [1.54, 1.807) is 18.2 Å². The maximum Gasteiger partial charge on any atom is 0.369 e. The lowest BCUT2D eigenvalue weighted by Crippen LogP contribution is -2.46. The summed E-state index contributed by atoms with van der Waals surface area (Å²) in [4.78, 5) is 49.3. The van der Waals surface area contributed by atoms with E-state index in [1.807, 2.05) is 6.92 Å². The normalized spacial score (nSPS) is 19.3. The molecule has 2 rings (SSSR count).